The maximum atomic E-state index is 13.0. The van der Waals surface area contributed by atoms with Gasteiger partial charge in [-0.2, -0.15) is 4.31 Å². The Morgan fingerprint density at radius 1 is 1.07 bits per heavy atom. The number of carbonyl (C=O) groups is 1. The summed E-state index contributed by atoms with van der Waals surface area (Å²) in [5, 5.41) is 2.91. The molecule has 2 aromatic carbocycles. The molecule has 0 bridgehead atoms. The van der Waals surface area contributed by atoms with Gasteiger partial charge in [-0.3, -0.25) is 4.79 Å². The molecule has 2 aromatic rings. The molecule has 0 saturated carbocycles. The number of carbonyl (C=O) groups excluding carboxylic acids is 1. The molecule has 1 N–H and O–H groups in total. The monoisotopic (exact) mass is 430 g/mol. The fraction of sp³-hybridized carbons (Fsp3) is 0.435. The molecule has 3 rings (SSSR count). The molecule has 0 atom stereocenters. The third-order valence-corrected chi connectivity index (χ3v) is 7.58. The van der Waals surface area contributed by atoms with E-state index in [1.165, 1.54) is 4.31 Å². The first-order valence-corrected chi connectivity index (χ1v) is 11.8. The van der Waals surface area contributed by atoms with Crippen molar-refractivity contribution in [2.75, 3.05) is 26.2 Å². The minimum atomic E-state index is -3.53. The SMILES string of the molecule is Cc1ccc(S(=O)(=O)N2CCC(C(=O)NCCOc3ccccc3C)CC2)c(C)c1. The maximum absolute atomic E-state index is 13.0. The van der Waals surface area contributed by atoms with Gasteiger partial charge in [0.25, 0.3) is 0 Å². The number of sulfonamides is 1. The smallest absolute Gasteiger partial charge is 0.243 e. The van der Waals surface area contributed by atoms with E-state index in [2.05, 4.69) is 5.32 Å². The van der Waals surface area contributed by atoms with Crippen molar-refractivity contribution in [2.24, 2.45) is 5.92 Å². The maximum Gasteiger partial charge on any atom is 0.243 e. The zero-order valence-corrected chi connectivity index (χ0v) is 18.7. The number of ether oxygens (including phenoxy) is 1. The average molecular weight is 431 g/mol. The highest BCUT2D eigenvalue weighted by molar-refractivity contribution is 7.89. The second-order valence-corrected chi connectivity index (χ2v) is 9.76. The number of hydrogen-bond donors (Lipinski definition) is 1. The quantitative estimate of drug-likeness (QED) is 0.685. The van der Waals surface area contributed by atoms with E-state index in [-0.39, 0.29) is 11.8 Å². The first-order chi connectivity index (χ1) is 14.3. The summed E-state index contributed by atoms with van der Waals surface area (Å²) in [6.45, 7) is 7.28. The zero-order chi connectivity index (χ0) is 21.7. The van der Waals surface area contributed by atoms with Crippen LogP contribution in [0.15, 0.2) is 47.4 Å². The van der Waals surface area contributed by atoms with Crippen molar-refractivity contribution in [3.05, 3.63) is 59.2 Å². The Morgan fingerprint density at radius 2 is 1.77 bits per heavy atom. The molecule has 30 heavy (non-hydrogen) atoms. The lowest BCUT2D eigenvalue weighted by atomic mass is 9.97. The van der Waals surface area contributed by atoms with Gasteiger partial charge in [-0.05, 0) is 56.9 Å². The summed E-state index contributed by atoms with van der Waals surface area (Å²) >= 11 is 0. The van der Waals surface area contributed by atoms with E-state index in [9.17, 15) is 13.2 Å². The number of rotatable bonds is 7. The van der Waals surface area contributed by atoms with Crippen LogP contribution in [0.4, 0.5) is 0 Å². The number of hydrogen-bond acceptors (Lipinski definition) is 4. The molecule has 1 aliphatic rings. The van der Waals surface area contributed by atoms with E-state index in [1.807, 2.05) is 57.2 Å². The first kappa shape index (κ1) is 22.3. The summed E-state index contributed by atoms with van der Waals surface area (Å²) in [4.78, 5) is 12.8. The lowest BCUT2D eigenvalue weighted by molar-refractivity contribution is -0.126. The summed E-state index contributed by atoms with van der Waals surface area (Å²) in [5.74, 6) is 0.609. The molecule has 1 amide bonds. The van der Waals surface area contributed by atoms with E-state index in [0.29, 0.717) is 44.0 Å². The molecular formula is C23H30N2O4S. The summed E-state index contributed by atoms with van der Waals surface area (Å²) in [6.07, 6.45) is 1.04. The third kappa shape index (κ3) is 5.21. The van der Waals surface area contributed by atoms with Gasteiger partial charge in [0.15, 0.2) is 0 Å². The van der Waals surface area contributed by atoms with Crippen molar-refractivity contribution in [2.45, 2.75) is 38.5 Å². The lowest BCUT2D eigenvalue weighted by Crippen LogP contribution is -2.43. The lowest BCUT2D eigenvalue weighted by Gasteiger charge is -2.31. The number of benzene rings is 2. The molecule has 1 fully saturated rings. The standard InChI is InChI=1S/C23H30N2O4S/c1-17-8-9-22(19(3)16-17)30(27,28)25-13-10-20(11-14-25)23(26)24-12-15-29-21-7-5-4-6-18(21)2/h4-9,16,20H,10-15H2,1-3H3,(H,24,26). The molecule has 7 heteroatoms. The number of amides is 1. The fourth-order valence-corrected chi connectivity index (χ4v) is 5.46. The van der Waals surface area contributed by atoms with Crippen molar-refractivity contribution in [3.63, 3.8) is 0 Å². The Hall–Kier alpha value is -2.38. The van der Waals surface area contributed by atoms with E-state index in [4.69, 9.17) is 4.74 Å². The number of para-hydroxylation sites is 1. The molecule has 1 aliphatic heterocycles. The second kappa shape index (κ2) is 9.62. The van der Waals surface area contributed by atoms with Gasteiger partial charge in [0.2, 0.25) is 15.9 Å². The van der Waals surface area contributed by atoms with Gasteiger partial charge in [0, 0.05) is 19.0 Å². The highest BCUT2D eigenvalue weighted by atomic mass is 32.2. The largest absolute Gasteiger partial charge is 0.491 e. The van der Waals surface area contributed by atoms with Gasteiger partial charge >= 0.3 is 0 Å². The summed E-state index contributed by atoms with van der Waals surface area (Å²) in [5.41, 5.74) is 2.85. The van der Waals surface area contributed by atoms with E-state index in [1.54, 1.807) is 6.07 Å². The summed E-state index contributed by atoms with van der Waals surface area (Å²) < 4.78 is 33.2. The molecule has 0 radical (unpaired) electrons. The van der Waals surface area contributed by atoms with E-state index >= 15 is 0 Å². The van der Waals surface area contributed by atoms with E-state index < -0.39 is 10.0 Å². The zero-order valence-electron chi connectivity index (χ0n) is 17.8. The number of nitrogens with zero attached hydrogens (tertiary/aromatic N) is 1. The Bertz CT molecular complexity index is 996. The van der Waals surface area contributed by atoms with Crippen LogP contribution in [-0.2, 0) is 14.8 Å². The molecule has 0 unspecified atom stereocenters. The van der Waals surface area contributed by atoms with Crippen LogP contribution in [0.25, 0.3) is 0 Å². The first-order valence-electron chi connectivity index (χ1n) is 10.3. The molecule has 1 saturated heterocycles. The number of aryl methyl sites for hydroxylation is 3. The van der Waals surface area contributed by atoms with Crippen LogP contribution in [0.2, 0.25) is 0 Å². The minimum Gasteiger partial charge on any atom is -0.491 e. The minimum absolute atomic E-state index is 0.0352. The predicted octanol–water partition coefficient (Wildman–Crippen LogP) is 3.21. The van der Waals surface area contributed by atoms with Crippen LogP contribution in [0.3, 0.4) is 0 Å². The van der Waals surface area contributed by atoms with Crippen LogP contribution in [0.1, 0.15) is 29.5 Å². The second-order valence-electron chi connectivity index (χ2n) is 7.85. The summed E-state index contributed by atoms with van der Waals surface area (Å²) in [7, 11) is -3.53. The predicted molar refractivity (Wildman–Crippen MR) is 117 cm³/mol. The van der Waals surface area contributed by atoms with Gasteiger partial charge in [-0.1, -0.05) is 35.9 Å². The van der Waals surface area contributed by atoms with Crippen LogP contribution in [0, 0.1) is 26.7 Å². The highest BCUT2D eigenvalue weighted by Crippen LogP contribution is 2.26. The van der Waals surface area contributed by atoms with Crippen molar-refractivity contribution >= 4 is 15.9 Å². The molecule has 6 nitrogen and oxygen atoms in total. The topological polar surface area (TPSA) is 75.7 Å². The van der Waals surface area contributed by atoms with E-state index in [0.717, 1.165) is 22.4 Å². The van der Waals surface area contributed by atoms with Crippen LogP contribution >= 0.6 is 0 Å². The van der Waals surface area contributed by atoms with Gasteiger partial charge < -0.3 is 10.1 Å². The Kier molecular flexibility index (Phi) is 7.15. The van der Waals surface area contributed by atoms with Crippen molar-refractivity contribution in [1.82, 2.24) is 9.62 Å². The van der Waals surface area contributed by atoms with Gasteiger partial charge in [0.05, 0.1) is 11.4 Å². The normalized spacial score (nSPS) is 15.7. The Morgan fingerprint density at radius 3 is 2.43 bits per heavy atom. The summed E-state index contributed by atoms with van der Waals surface area (Å²) in [6, 6.07) is 13.1. The Balaban J connectivity index is 1.47. The van der Waals surface area contributed by atoms with Gasteiger partial charge in [-0.15, -0.1) is 0 Å². The molecule has 0 aromatic heterocycles. The molecule has 0 aliphatic carbocycles. The van der Waals surface area contributed by atoms with Crippen LogP contribution in [-0.4, -0.2) is 44.9 Å². The van der Waals surface area contributed by atoms with Crippen LogP contribution in [0.5, 0.6) is 5.75 Å². The Labute approximate surface area is 179 Å². The molecule has 0 spiro atoms. The van der Waals surface area contributed by atoms with Gasteiger partial charge in [0.1, 0.15) is 12.4 Å². The van der Waals surface area contributed by atoms with Crippen molar-refractivity contribution < 1.29 is 17.9 Å². The van der Waals surface area contributed by atoms with Crippen molar-refractivity contribution in [3.8, 4) is 5.75 Å². The van der Waals surface area contributed by atoms with Crippen LogP contribution < -0.4 is 10.1 Å². The molecule has 162 valence electrons. The number of nitrogens with one attached hydrogen (secondary N) is 1. The fourth-order valence-electron chi connectivity index (χ4n) is 3.78. The molecular weight excluding hydrogens is 400 g/mol. The number of piperidine rings is 1. The highest BCUT2D eigenvalue weighted by Gasteiger charge is 2.32. The average Bonchev–Trinajstić information content (AvgIpc) is 2.72. The third-order valence-electron chi connectivity index (χ3n) is 5.53. The van der Waals surface area contributed by atoms with Crippen molar-refractivity contribution in [1.29, 1.82) is 0 Å². The molecule has 1 heterocycles. The van der Waals surface area contributed by atoms with Gasteiger partial charge in [-0.25, -0.2) is 8.42 Å².